The van der Waals surface area contributed by atoms with Crippen LogP contribution in [0, 0.1) is 50.2 Å². The smallest absolute Gasteiger partial charge is 0.0863 e. The van der Waals surface area contributed by atoms with Gasteiger partial charge in [0.1, 0.15) is 0 Å². The van der Waals surface area contributed by atoms with Crippen molar-refractivity contribution in [3.8, 4) is 0 Å². The SMILES string of the molecule is CC1(C)CC2C3=CCC4[C@@]5(C)CC[C@H](O)[C@](C)(CO)C5CC[C@@]4(C)[C@]3(C)CC[C@@]2(C)[C@H](O)[C@@H]1O. The molecule has 0 saturated heterocycles. The van der Waals surface area contributed by atoms with Gasteiger partial charge in [-0.3, -0.25) is 0 Å². The largest absolute Gasteiger partial charge is 0.396 e. The van der Waals surface area contributed by atoms with E-state index in [1.165, 1.54) is 0 Å². The Balaban J connectivity index is 1.58. The molecule has 5 aliphatic rings. The predicted molar refractivity (Wildman–Crippen MR) is 135 cm³/mol. The molecule has 0 aromatic heterocycles. The number of hydrogen-bond donors (Lipinski definition) is 4. The van der Waals surface area contributed by atoms with E-state index < -0.39 is 23.7 Å². The van der Waals surface area contributed by atoms with E-state index in [0.29, 0.717) is 17.8 Å². The molecule has 194 valence electrons. The standard InChI is InChI=1S/C30H50O4/c1-25(2)16-19-18-8-9-21-27(4)12-11-22(32)28(5,17-31)20(27)10-13-30(21,7)29(18,6)15-14-26(19,3)24(34)23(25)33/h8,19-24,31-34H,9-17H2,1-7H3/t19?,20?,21?,22-,23-,24+,26+,27-,28+,29+,30+/m0/s1. The van der Waals surface area contributed by atoms with E-state index >= 15 is 0 Å². The minimum absolute atomic E-state index is 0.0614. The highest BCUT2D eigenvalue weighted by atomic mass is 16.3. The lowest BCUT2D eigenvalue weighted by atomic mass is 9.33. The molecule has 4 saturated carbocycles. The van der Waals surface area contributed by atoms with Gasteiger partial charge in [0.2, 0.25) is 0 Å². The number of aliphatic hydroxyl groups is 4. The summed E-state index contributed by atoms with van der Waals surface area (Å²) in [5, 5.41) is 43.6. The van der Waals surface area contributed by atoms with Crippen molar-refractivity contribution in [1.82, 2.24) is 0 Å². The molecule has 4 N–H and O–H groups in total. The zero-order valence-corrected chi connectivity index (χ0v) is 22.7. The summed E-state index contributed by atoms with van der Waals surface area (Å²) in [7, 11) is 0. The molecule has 0 aliphatic heterocycles. The average Bonchev–Trinajstić information content (AvgIpc) is 2.77. The third kappa shape index (κ3) is 2.81. The van der Waals surface area contributed by atoms with Gasteiger partial charge in [-0.15, -0.1) is 0 Å². The van der Waals surface area contributed by atoms with Gasteiger partial charge in [-0.25, -0.2) is 0 Å². The Morgan fingerprint density at radius 2 is 1.47 bits per heavy atom. The van der Waals surface area contributed by atoms with Gasteiger partial charge in [-0.2, -0.15) is 0 Å². The van der Waals surface area contributed by atoms with Crippen LogP contribution in [0.3, 0.4) is 0 Å². The first-order chi connectivity index (χ1) is 15.6. The molecule has 5 rings (SSSR count). The van der Waals surface area contributed by atoms with Crippen LogP contribution < -0.4 is 0 Å². The fraction of sp³-hybridized carbons (Fsp3) is 0.933. The van der Waals surface area contributed by atoms with Gasteiger partial charge in [0.15, 0.2) is 0 Å². The normalized spacial score (nSPS) is 58.6. The van der Waals surface area contributed by atoms with Gasteiger partial charge in [0.25, 0.3) is 0 Å². The molecule has 0 aromatic carbocycles. The van der Waals surface area contributed by atoms with Crippen molar-refractivity contribution in [2.45, 2.75) is 118 Å². The Morgan fingerprint density at radius 3 is 2.12 bits per heavy atom. The number of aliphatic hydroxyl groups excluding tert-OH is 4. The summed E-state index contributed by atoms with van der Waals surface area (Å²) in [5.41, 5.74) is 0.920. The number of allylic oxidation sites excluding steroid dienone is 2. The van der Waals surface area contributed by atoms with Gasteiger partial charge in [-0.1, -0.05) is 60.1 Å². The van der Waals surface area contributed by atoms with Crippen LogP contribution in [0.2, 0.25) is 0 Å². The highest BCUT2D eigenvalue weighted by Gasteiger charge is 2.69. The minimum Gasteiger partial charge on any atom is -0.396 e. The fourth-order valence-electron chi connectivity index (χ4n) is 10.7. The Morgan fingerprint density at radius 1 is 0.794 bits per heavy atom. The van der Waals surface area contributed by atoms with Crippen LogP contribution in [0.25, 0.3) is 0 Å². The molecule has 3 unspecified atom stereocenters. The Kier molecular flexibility index (Phi) is 5.44. The molecular formula is C30H50O4. The van der Waals surface area contributed by atoms with Crippen LogP contribution in [0.5, 0.6) is 0 Å². The van der Waals surface area contributed by atoms with Crippen molar-refractivity contribution in [2.75, 3.05) is 6.61 Å². The zero-order chi connectivity index (χ0) is 25.1. The zero-order valence-electron chi connectivity index (χ0n) is 22.7. The molecule has 4 nitrogen and oxygen atoms in total. The second-order valence-electron chi connectivity index (χ2n) is 15.2. The van der Waals surface area contributed by atoms with E-state index in [4.69, 9.17) is 0 Å². The van der Waals surface area contributed by atoms with Crippen LogP contribution in [-0.4, -0.2) is 45.3 Å². The Bertz CT molecular complexity index is 881. The van der Waals surface area contributed by atoms with E-state index in [0.717, 1.165) is 51.4 Å². The molecule has 0 amide bonds. The van der Waals surface area contributed by atoms with Crippen molar-refractivity contribution in [1.29, 1.82) is 0 Å². The maximum atomic E-state index is 11.3. The van der Waals surface area contributed by atoms with Gasteiger partial charge < -0.3 is 20.4 Å². The van der Waals surface area contributed by atoms with E-state index in [1.807, 2.05) is 0 Å². The summed E-state index contributed by atoms with van der Waals surface area (Å²) < 4.78 is 0. The summed E-state index contributed by atoms with van der Waals surface area (Å²) in [5.74, 6) is 1.17. The van der Waals surface area contributed by atoms with E-state index in [9.17, 15) is 20.4 Å². The molecular weight excluding hydrogens is 424 g/mol. The maximum Gasteiger partial charge on any atom is 0.0863 e. The molecule has 5 aliphatic carbocycles. The molecule has 0 aromatic rings. The monoisotopic (exact) mass is 474 g/mol. The third-order valence-corrected chi connectivity index (χ3v) is 13.5. The third-order valence-electron chi connectivity index (χ3n) is 13.5. The van der Waals surface area contributed by atoms with Crippen LogP contribution in [0.15, 0.2) is 11.6 Å². The maximum absolute atomic E-state index is 11.3. The van der Waals surface area contributed by atoms with Crippen molar-refractivity contribution >= 4 is 0 Å². The minimum atomic E-state index is -0.685. The summed E-state index contributed by atoms with van der Waals surface area (Å²) in [4.78, 5) is 0. The van der Waals surface area contributed by atoms with Gasteiger partial charge in [-0.05, 0) is 90.8 Å². The van der Waals surface area contributed by atoms with E-state index in [1.54, 1.807) is 5.57 Å². The molecule has 0 bridgehead atoms. The lowest BCUT2D eigenvalue weighted by Crippen LogP contribution is -2.67. The van der Waals surface area contributed by atoms with Gasteiger partial charge >= 0.3 is 0 Å². The van der Waals surface area contributed by atoms with Crippen LogP contribution in [0.4, 0.5) is 0 Å². The topological polar surface area (TPSA) is 80.9 Å². The van der Waals surface area contributed by atoms with E-state index in [-0.39, 0.29) is 33.7 Å². The Labute approximate surface area is 207 Å². The summed E-state index contributed by atoms with van der Waals surface area (Å²) >= 11 is 0. The molecule has 0 radical (unpaired) electrons. The lowest BCUT2D eigenvalue weighted by Gasteiger charge is -2.72. The van der Waals surface area contributed by atoms with Crippen molar-refractivity contribution in [2.24, 2.45) is 50.2 Å². The quantitative estimate of drug-likeness (QED) is 0.399. The number of rotatable bonds is 1. The van der Waals surface area contributed by atoms with Crippen LogP contribution in [0.1, 0.15) is 99.8 Å². The number of fused-ring (bicyclic) bond motifs is 7. The van der Waals surface area contributed by atoms with Gasteiger partial charge in [0, 0.05) is 10.8 Å². The van der Waals surface area contributed by atoms with Gasteiger partial charge in [0.05, 0.1) is 24.9 Å². The fourth-order valence-corrected chi connectivity index (χ4v) is 10.7. The van der Waals surface area contributed by atoms with E-state index in [2.05, 4.69) is 54.5 Å². The second-order valence-corrected chi connectivity index (χ2v) is 15.2. The number of hydrogen-bond acceptors (Lipinski definition) is 4. The molecule has 0 heterocycles. The van der Waals surface area contributed by atoms with Crippen molar-refractivity contribution < 1.29 is 20.4 Å². The molecule has 11 atom stereocenters. The van der Waals surface area contributed by atoms with Crippen molar-refractivity contribution in [3.05, 3.63) is 11.6 Å². The molecule has 4 fully saturated rings. The first-order valence-corrected chi connectivity index (χ1v) is 14.0. The molecule has 0 spiro atoms. The molecule has 34 heavy (non-hydrogen) atoms. The van der Waals surface area contributed by atoms with Crippen LogP contribution in [-0.2, 0) is 0 Å². The summed E-state index contributed by atoms with van der Waals surface area (Å²) in [6, 6.07) is 0. The first kappa shape index (κ1) is 25.2. The average molecular weight is 475 g/mol. The molecule has 4 heteroatoms. The van der Waals surface area contributed by atoms with Crippen LogP contribution >= 0.6 is 0 Å². The Hall–Kier alpha value is -0.420. The second kappa shape index (κ2) is 7.33. The first-order valence-electron chi connectivity index (χ1n) is 14.0. The summed E-state index contributed by atoms with van der Waals surface area (Å²) in [6.45, 7) is 16.2. The summed E-state index contributed by atoms with van der Waals surface area (Å²) in [6.07, 6.45) is 8.79. The van der Waals surface area contributed by atoms with Crippen molar-refractivity contribution in [3.63, 3.8) is 0 Å². The highest BCUT2D eigenvalue weighted by Crippen LogP contribution is 2.75. The predicted octanol–water partition coefficient (Wildman–Crippen LogP) is 5.08. The highest BCUT2D eigenvalue weighted by molar-refractivity contribution is 5.34. The lowest BCUT2D eigenvalue weighted by molar-refractivity contribution is -0.225.